The molecule has 1 N–H and O–H groups in total. The number of carbonyl (C=O) groups is 2. The molecule has 1 aromatic rings. The zero-order chi connectivity index (χ0) is 19.5. The van der Waals surface area contributed by atoms with Gasteiger partial charge in [0.2, 0.25) is 10.0 Å². The Morgan fingerprint density at radius 3 is 2.73 bits per heavy atom. The average molecular weight is 388 g/mol. The van der Waals surface area contributed by atoms with Gasteiger partial charge in [-0.25, -0.2) is 12.8 Å². The molecule has 10 heteroatoms. The number of ether oxygens (including phenoxy) is 1. The molecule has 0 radical (unpaired) electrons. The average Bonchev–Trinajstić information content (AvgIpc) is 2.55. The number of aliphatic carboxylic acids is 1. The molecule has 1 aliphatic rings. The summed E-state index contributed by atoms with van der Waals surface area (Å²) in [5.74, 6) is -2.43. The molecule has 0 saturated carbocycles. The van der Waals surface area contributed by atoms with E-state index in [-0.39, 0.29) is 31.8 Å². The van der Waals surface area contributed by atoms with Gasteiger partial charge in [-0.05, 0) is 19.1 Å². The van der Waals surface area contributed by atoms with E-state index in [4.69, 9.17) is 9.84 Å². The molecule has 1 heterocycles. The fraction of sp³-hybridized carbons (Fsp3) is 0.500. The number of amides is 1. The number of hydrogen-bond donors (Lipinski definition) is 1. The number of morpholine rings is 1. The van der Waals surface area contributed by atoms with Crippen LogP contribution >= 0.6 is 0 Å². The molecule has 1 unspecified atom stereocenters. The predicted molar refractivity (Wildman–Crippen MR) is 90.8 cm³/mol. The standard InChI is InChI=1S/C16H21FN2O6S/c1-11-3-4-14(17)13(7-11)16(22)18-5-6-25-12(8-18)9-19(10-15(20)21)26(2,23)24/h3-4,7,12H,5-6,8-10H2,1-2H3,(H,20,21). The summed E-state index contributed by atoms with van der Waals surface area (Å²) in [6.45, 7) is 1.27. The molecule has 1 fully saturated rings. The largest absolute Gasteiger partial charge is 0.480 e. The fourth-order valence-corrected chi connectivity index (χ4v) is 3.46. The number of hydrogen-bond acceptors (Lipinski definition) is 5. The minimum absolute atomic E-state index is 0.0395. The third kappa shape index (κ3) is 5.23. The molecule has 26 heavy (non-hydrogen) atoms. The first-order valence-electron chi connectivity index (χ1n) is 7.92. The number of aryl methyl sites for hydroxylation is 1. The Bertz CT molecular complexity index is 798. The molecule has 1 amide bonds. The van der Waals surface area contributed by atoms with E-state index in [2.05, 4.69) is 0 Å². The van der Waals surface area contributed by atoms with Crippen molar-refractivity contribution in [3.8, 4) is 0 Å². The molecule has 0 bridgehead atoms. The van der Waals surface area contributed by atoms with Crippen molar-refractivity contribution in [3.05, 3.63) is 35.1 Å². The minimum atomic E-state index is -3.75. The highest BCUT2D eigenvalue weighted by atomic mass is 32.2. The van der Waals surface area contributed by atoms with Crippen molar-refractivity contribution in [2.45, 2.75) is 13.0 Å². The Hall–Kier alpha value is -2.04. The monoisotopic (exact) mass is 388 g/mol. The van der Waals surface area contributed by atoms with E-state index in [1.165, 1.54) is 17.0 Å². The second-order valence-corrected chi connectivity index (χ2v) is 8.16. The molecule has 144 valence electrons. The fourth-order valence-electron chi connectivity index (χ4n) is 2.68. The van der Waals surface area contributed by atoms with Gasteiger partial charge in [0.1, 0.15) is 12.4 Å². The number of carboxylic acid groups (broad SMARTS) is 1. The highest BCUT2D eigenvalue weighted by Gasteiger charge is 2.30. The molecule has 8 nitrogen and oxygen atoms in total. The number of carboxylic acids is 1. The lowest BCUT2D eigenvalue weighted by atomic mass is 10.1. The van der Waals surface area contributed by atoms with Crippen molar-refractivity contribution in [2.75, 3.05) is 39.0 Å². The van der Waals surface area contributed by atoms with Gasteiger partial charge in [-0.15, -0.1) is 0 Å². The number of carbonyl (C=O) groups excluding carboxylic acids is 1. The quantitative estimate of drug-likeness (QED) is 0.753. The molecule has 0 spiro atoms. The molecule has 2 rings (SSSR count). The highest BCUT2D eigenvalue weighted by Crippen LogP contribution is 2.16. The predicted octanol–water partition coefficient (Wildman–Crippen LogP) is 0.321. The van der Waals surface area contributed by atoms with E-state index in [9.17, 15) is 22.4 Å². The van der Waals surface area contributed by atoms with Gasteiger partial charge in [-0.3, -0.25) is 9.59 Å². The van der Waals surface area contributed by atoms with Crippen LogP contribution in [0.15, 0.2) is 18.2 Å². The highest BCUT2D eigenvalue weighted by molar-refractivity contribution is 7.88. The number of benzene rings is 1. The van der Waals surface area contributed by atoms with E-state index in [1.807, 2.05) is 0 Å². The number of nitrogens with zero attached hydrogens (tertiary/aromatic N) is 2. The van der Waals surface area contributed by atoms with Crippen molar-refractivity contribution in [1.82, 2.24) is 9.21 Å². The van der Waals surface area contributed by atoms with Crippen LogP contribution in [0.3, 0.4) is 0 Å². The van der Waals surface area contributed by atoms with Gasteiger partial charge < -0.3 is 14.7 Å². The van der Waals surface area contributed by atoms with E-state index < -0.39 is 40.4 Å². The van der Waals surface area contributed by atoms with Gasteiger partial charge >= 0.3 is 5.97 Å². The SMILES string of the molecule is Cc1ccc(F)c(C(=O)N2CCOC(CN(CC(=O)O)S(C)(=O)=O)C2)c1. The van der Waals surface area contributed by atoms with Gasteiger partial charge in [-0.2, -0.15) is 4.31 Å². The van der Waals surface area contributed by atoms with E-state index in [0.717, 1.165) is 16.1 Å². The van der Waals surface area contributed by atoms with Gasteiger partial charge in [0.15, 0.2) is 0 Å². The molecular formula is C16H21FN2O6S. The van der Waals surface area contributed by atoms with Crippen LogP contribution in [0.4, 0.5) is 4.39 Å². The van der Waals surface area contributed by atoms with Gasteiger partial charge in [0.25, 0.3) is 5.91 Å². The lowest BCUT2D eigenvalue weighted by Crippen LogP contribution is -2.51. The second kappa shape index (κ2) is 8.11. The Morgan fingerprint density at radius 2 is 2.12 bits per heavy atom. The first-order chi connectivity index (χ1) is 12.1. The second-order valence-electron chi connectivity index (χ2n) is 6.18. The number of rotatable bonds is 6. The molecule has 1 atom stereocenters. The maximum atomic E-state index is 14.0. The summed E-state index contributed by atoms with van der Waals surface area (Å²) in [5.41, 5.74) is 0.681. The van der Waals surface area contributed by atoms with Crippen molar-refractivity contribution in [3.63, 3.8) is 0 Å². The molecular weight excluding hydrogens is 367 g/mol. The van der Waals surface area contributed by atoms with Crippen LogP contribution in [-0.4, -0.2) is 79.8 Å². The summed E-state index contributed by atoms with van der Waals surface area (Å²) >= 11 is 0. The first kappa shape index (κ1) is 20.3. The van der Waals surface area contributed by atoms with Crippen molar-refractivity contribution < 1.29 is 32.2 Å². The van der Waals surface area contributed by atoms with Gasteiger partial charge in [0, 0.05) is 19.6 Å². The zero-order valence-electron chi connectivity index (χ0n) is 14.5. The number of halogens is 1. The van der Waals surface area contributed by atoms with Crippen LogP contribution in [-0.2, 0) is 19.6 Å². The van der Waals surface area contributed by atoms with Crippen LogP contribution in [0.2, 0.25) is 0 Å². The molecule has 0 aromatic heterocycles. The van der Waals surface area contributed by atoms with Crippen LogP contribution in [0.1, 0.15) is 15.9 Å². The Labute approximate surface area is 151 Å². The summed E-state index contributed by atoms with van der Waals surface area (Å²) < 4.78 is 43.7. The summed E-state index contributed by atoms with van der Waals surface area (Å²) in [5, 5.41) is 8.87. The van der Waals surface area contributed by atoms with Crippen LogP contribution in [0.5, 0.6) is 0 Å². The molecule has 1 saturated heterocycles. The number of sulfonamides is 1. The molecule has 1 aromatic carbocycles. The van der Waals surface area contributed by atoms with Crippen LogP contribution in [0, 0.1) is 12.7 Å². The summed E-state index contributed by atoms with van der Waals surface area (Å²) in [4.78, 5) is 24.8. The lowest BCUT2D eigenvalue weighted by molar-refractivity contribution is -0.137. The summed E-state index contributed by atoms with van der Waals surface area (Å²) in [7, 11) is -3.75. The molecule has 1 aliphatic heterocycles. The van der Waals surface area contributed by atoms with Crippen molar-refractivity contribution in [2.24, 2.45) is 0 Å². The van der Waals surface area contributed by atoms with E-state index in [0.29, 0.717) is 0 Å². The summed E-state index contributed by atoms with van der Waals surface area (Å²) in [6.07, 6.45) is 0.207. The Morgan fingerprint density at radius 1 is 1.42 bits per heavy atom. The van der Waals surface area contributed by atoms with Gasteiger partial charge in [-0.1, -0.05) is 11.6 Å². The van der Waals surface area contributed by atoms with Crippen molar-refractivity contribution in [1.29, 1.82) is 0 Å². The van der Waals surface area contributed by atoms with E-state index in [1.54, 1.807) is 13.0 Å². The maximum absolute atomic E-state index is 14.0. The van der Waals surface area contributed by atoms with Crippen molar-refractivity contribution >= 4 is 21.9 Å². The molecule has 0 aliphatic carbocycles. The Kier molecular flexibility index (Phi) is 6.32. The topological polar surface area (TPSA) is 104 Å². The zero-order valence-corrected chi connectivity index (χ0v) is 15.3. The van der Waals surface area contributed by atoms with Crippen LogP contribution in [0.25, 0.3) is 0 Å². The lowest BCUT2D eigenvalue weighted by Gasteiger charge is -2.35. The first-order valence-corrected chi connectivity index (χ1v) is 9.76. The minimum Gasteiger partial charge on any atom is -0.480 e. The Balaban J connectivity index is 2.11. The normalized spacial score (nSPS) is 18.2. The third-order valence-corrected chi connectivity index (χ3v) is 5.18. The van der Waals surface area contributed by atoms with Gasteiger partial charge in [0.05, 0.1) is 24.5 Å². The maximum Gasteiger partial charge on any atom is 0.318 e. The third-order valence-electron chi connectivity index (χ3n) is 3.97. The summed E-state index contributed by atoms with van der Waals surface area (Å²) in [6, 6.07) is 4.23. The van der Waals surface area contributed by atoms with Crippen LogP contribution < -0.4 is 0 Å². The smallest absolute Gasteiger partial charge is 0.318 e. The van der Waals surface area contributed by atoms with E-state index >= 15 is 0 Å².